The summed E-state index contributed by atoms with van der Waals surface area (Å²) in [5.74, 6) is -0.0472. The lowest BCUT2D eigenvalue weighted by atomic mass is 9.87. The molecule has 0 aromatic heterocycles. The number of carbonyl (C=O) groups excluding carboxylic acids is 2. The predicted molar refractivity (Wildman–Crippen MR) is 84.1 cm³/mol. The first-order valence-corrected chi connectivity index (χ1v) is 7.26. The molecule has 5 nitrogen and oxygen atoms in total. The Morgan fingerprint density at radius 1 is 1.29 bits per heavy atom. The molecule has 2 amide bonds. The van der Waals surface area contributed by atoms with Gasteiger partial charge in [0.25, 0.3) is 0 Å². The van der Waals surface area contributed by atoms with E-state index in [9.17, 15) is 9.59 Å². The van der Waals surface area contributed by atoms with Crippen LogP contribution in [0, 0.1) is 5.41 Å². The van der Waals surface area contributed by atoms with E-state index in [0.29, 0.717) is 12.1 Å². The van der Waals surface area contributed by atoms with Crippen LogP contribution in [0.15, 0.2) is 24.3 Å². The highest BCUT2D eigenvalue weighted by Crippen LogP contribution is 2.24. The van der Waals surface area contributed by atoms with E-state index in [1.165, 1.54) is 0 Å². The average molecular weight is 289 g/mol. The number of hydrogen-bond donors (Lipinski definition) is 2. The quantitative estimate of drug-likeness (QED) is 0.895. The van der Waals surface area contributed by atoms with Crippen LogP contribution in [0.2, 0.25) is 0 Å². The summed E-state index contributed by atoms with van der Waals surface area (Å²) in [6.45, 7) is 6.55. The minimum atomic E-state index is -0.572. The Balaban J connectivity index is 2.03. The summed E-state index contributed by atoms with van der Waals surface area (Å²) in [5.41, 5.74) is 7.20. The van der Waals surface area contributed by atoms with E-state index in [2.05, 4.69) is 5.32 Å². The molecule has 1 aliphatic rings. The smallest absolute Gasteiger partial charge is 0.241 e. The van der Waals surface area contributed by atoms with Crippen molar-refractivity contribution in [2.75, 3.05) is 16.8 Å². The molecule has 1 heterocycles. The number of hydrogen-bond acceptors (Lipinski definition) is 3. The number of nitrogens with two attached hydrogens (primary N) is 1. The summed E-state index contributed by atoms with van der Waals surface area (Å²) in [6, 6.07) is 6.73. The fourth-order valence-corrected chi connectivity index (χ4v) is 2.26. The predicted octanol–water partition coefficient (Wildman–Crippen LogP) is 2.13. The summed E-state index contributed by atoms with van der Waals surface area (Å²) in [6.07, 6.45) is 1.51. The lowest BCUT2D eigenvalue weighted by molar-refractivity contribution is -0.119. The van der Waals surface area contributed by atoms with Crippen LogP contribution in [-0.4, -0.2) is 24.4 Å². The molecule has 0 spiro atoms. The van der Waals surface area contributed by atoms with Gasteiger partial charge in [0, 0.05) is 24.3 Å². The number of benzene rings is 1. The van der Waals surface area contributed by atoms with Crippen molar-refractivity contribution in [2.45, 2.75) is 39.7 Å². The maximum Gasteiger partial charge on any atom is 0.241 e. The Bertz CT molecular complexity index is 531. The fraction of sp³-hybridized carbons (Fsp3) is 0.500. The molecule has 0 bridgehead atoms. The van der Waals surface area contributed by atoms with Crippen LogP contribution in [0.5, 0.6) is 0 Å². The van der Waals surface area contributed by atoms with Crippen molar-refractivity contribution in [2.24, 2.45) is 11.1 Å². The molecule has 1 fully saturated rings. The van der Waals surface area contributed by atoms with E-state index < -0.39 is 6.04 Å². The van der Waals surface area contributed by atoms with Crippen LogP contribution in [0.25, 0.3) is 0 Å². The van der Waals surface area contributed by atoms with Crippen molar-refractivity contribution in [3.63, 3.8) is 0 Å². The Labute approximate surface area is 125 Å². The third-order valence-corrected chi connectivity index (χ3v) is 3.74. The first kappa shape index (κ1) is 15.5. The molecule has 1 saturated heterocycles. The van der Waals surface area contributed by atoms with Crippen molar-refractivity contribution < 1.29 is 9.59 Å². The number of nitrogens with one attached hydrogen (secondary N) is 1. The molecule has 5 heteroatoms. The lowest BCUT2D eigenvalue weighted by Gasteiger charge is -2.26. The molecule has 3 N–H and O–H groups in total. The SMILES string of the molecule is CC(C)(C)C(N)C(=O)Nc1ccc(N2CCCC2=O)cc1. The highest BCUT2D eigenvalue weighted by atomic mass is 16.2. The van der Waals surface area contributed by atoms with Gasteiger partial charge in [0.1, 0.15) is 0 Å². The topological polar surface area (TPSA) is 75.4 Å². The molecule has 2 rings (SSSR count). The van der Waals surface area contributed by atoms with Crippen LogP contribution in [0.3, 0.4) is 0 Å². The van der Waals surface area contributed by atoms with Gasteiger partial charge in [-0.25, -0.2) is 0 Å². The van der Waals surface area contributed by atoms with Crippen LogP contribution in [-0.2, 0) is 9.59 Å². The minimum absolute atomic E-state index is 0.154. The molecule has 1 atom stereocenters. The van der Waals surface area contributed by atoms with Crippen molar-refractivity contribution in [1.29, 1.82) is 0 Å². The monoisotopic (exact) mass is 289 g/mol. The van der Waals surface area contributed by atoms with Crippen LogP contribution in [0.4, 0.5) is 11.4 Å². The molecule has 0 saturated carbocycles. The molecule has 1 aromatic carbocycles. The van der Waals surface area contributed by atoms with Gasteiger partial charge in [-0.05, 0) is 36.1 Å². The van der Waals surface area contributed by atoms with Crippen molar-refractivity contribution in [3.05, 3.63) is 24.3 Å². The van der Waals surface area contributed by atoms with Gasteiger partial charge in [0.2, 0.25) is 11.8 Å². The number of carbonyl (C=O) groups is 2. The van der Waals surface area contributed by atoms with E-state index in [4.69, 9.17) is 5.73 Å². The standard InChI is InChI=1S/C16H23N3O2/c1-16(2,3)14(17)15(21)18-11-6-8-12(9-7-11)19-10-4-5-13(19)20/h6-9,14H,4-5,10,17H2,1-3H3,(H,18,21). The van der Waals surface area contributed by atoms with Gasteiger partial charge >= 0.3 is 0 Å². The maximum absolute atomic E-state index is 12.1. The number of nitrogens with zero attached hydrogens (tertiary/aromatic N) is 1. The zero-order chi connectivity index (χ0) is 15.6. The average Bonchev–Trinajstić information content (AvgIpc) is 2.84. The molecule has 1 unspecified atom stereocenters. The second-order valence-electron chi connectivity index (χ2n) is 6.53. The Morgan fingerprint density at radius 3 is 2.38 bits per heavy atom. The Kier molecular flexibility index (Phi) is 4.32. The van der Waals surface area contributed by atoms with Gasteiger partial charge in [-0.2, -0.15) is 0 Å². The summed E-state index contributed by atoms with van der Waals surface area (Å²) in [7, 11) is 0. The first-order valence-electron chi connectivity index (χ1n) is 7.26. The molecule has 1 aliphatic heterocycles. The van der Waals surface area contributed by atoms with Crippen molar-refractivity contribution >= 4 is 23.2 Å². The largest absolute Gasteiger partial charge is 0.325 e. The maximum atomic E-state index is 12.1. The van der Waals surface area contributed by atoms with E-state index in [0.717, 1.165) is 18.7 Å². The zero-order valence-electron chi connectivity index (χ0n) is 12.8. The summed E-state index contributed by atoms with van der Waals surface area (Å²) in [4.78, 5) is 25.5. The van der Waals surface area contributed by atoms with E-state index in [1.54, 1.807) is 17.0 Å². The first-order chi connectivity index (χ1) is 9.79. The molecule has 1 aromatic rings. The summed E-state index contributed by atoms with van der Waals surface area (Å²) in [5, 5.41) is 2.81. The number of amides is 2. The molecular weight excluding hydrogens is 266 g/mol. The Hall–Kier alpha value is -1.88. The number of anilines is 2. The van der Waals surface area contributed by atoms with Gasteiger partial charge in [-0.3, -0.25) is 9.59 Å². The normalized spacial score (nSPS) is 17.0. The third-order valence-electron chi connectivity index (χ3n) is 3.74. The Morgan fingerprint density at radius 2 is 1.90 bits per heavy atom. The minimum Gasteiger partial charge on any atom is -0.325 e. The third kappa shape index (κ3) is 3.61. The second-order valence-corrected chi connectivity index (χ2v) is 6.53. The van der Waals surface area contributed by atoms with Gasteiger partial charge in [0.15, 0.2) is 0 Å². The fourth-order valence-electron chi connectivity index (χ4n) is 2.26. The summed E-state index contributed by atoms with van der Waals surface area (Å²) < 4.78 is 0. The van der Waals surface area contributed by atoms with Gasteiger partial charge in [-0.1, -0.05) is 20.8 Å². The highest BCUT2D eigenvalue weighted by Gasteiger charge is 2.27. The van der Waals surface area contributed by atoms with Gasteiger partial charge < -0.3 is 16.0 Å². The van der Waals surface area contributed by atoms with Gasteiger partial charge in [0.05, 0.1) is 6.04 Å². The second kappa shape index (κ2) is 5.85. The lowest BCUT2D eigenvalue weighted by Crippen LogP contribution is -2.45. The molecule has 0 radical (unpaired) electrons. The molecule has 21 heavy (non-hydrogen) atoms. The van der Waals surface area contributed by atoms with Crippen molar-refractivity contribution in [1.82, 2.24) is 0 Å². The van der Waals surface area contributed by atoms with Crippen LogP contribution < -0.4 is 16.0 Å². The highest BCUT2D eigenvalue weighted by molar-refractivity contribution is 5.97. The molecule has 114 valence electrons. The zero-order valence-corrected chi connectivity index (χ0v) is 12.8. The molecule has 0 aliphatic carbocycles. The van der Waals surface area contributed by atoms with Crippen molar-refractivity contribution in [3.8, 4) is 0 Å². The molecular formula is C16H23N3O2. The van der Waals surface area contributed by atoms with E-state index in [-0.39, 0.29) is 17.2 Å². The van der Waals surface area contributed by atoms with Crippen LogP contribution >= 0.6 is 0 Å². The van der Waals surface area contributed by atoms with E-state index >= 15 is 0 Å². The number of rotatable bonds is 3. The van der Waals surface area contributed by atoms with Crippen LogP contribution in [0.1, 0.15) is 33.6 Å². The summed E-state index contributed by atoms with van der Waals surface area (Å²) >= 11 is 0. The van der Waals surface area contributed by atoms with Gasteiger partial charge in [-0.15, -0.1) is 0 Å². The van der Waals surface area contributed by atoms with E-state index in [1.807, 2.05) is 32.9 Å².